The van der Waals surface area contributed by atoms with Gasteiger partial charge in [-0.15, -0.1) is 0 Å². The monoisotopic (exact) mass is 187 g/mol. The van der Waals surface area contributed by atoms with Crippen LogP contribution in [0.2, 0.25) is 0 Å². The molecule has 0 bridgehead atoms. The Labute approximate surface area is 77.8 Å². The molecule has 3 unspecified atom stereocenters. The minimum Gasteiger partial charge on any atom is -0.379 e. The molecule has 13 heavy (non-hydrogen) atoms. The van der Waals surface area contributed by atoms with Crippen LogP contribution in [0.4, 0.5) is 0 Å². The maximum Gasteiger partial charge on any atom is 0.160 e. The quantitative estimate of drug-likeness (QED) is 0.640. The van der Waals surface area contributed by atoms with Gasteiger partial charge in [0.1, 0.15) is 0 Å². The summed E-state index contributed by atoms with van der Waals surface area (Å²) in [5.74, 6) is 0. The summed E-state index contributed by atoms with van der Waals surface area (Å²) in [6.07, 6.45) is 1.35. The van der Waals surface area contributed by atoms with Gasteiger partial charge in [-0.2, -0.15) is 0 Å². The van der Waals surface area contributed by atoms with E-state index in [0.717, 1.165) is 13.0 Å². The second-order valence-corrected chi connectivity index (χ2v) is 3.57. The molecular weight excluding hydrogens is 172 g/mol. The molecule has 3 atom stereocenters. The molecule has 0 aromatic heterocycles. The van der Waals surface area contributed by atoms with Crippen molar-refractivity contribution in [3.63, 3.8) is 0 Å². The van der Waals surface area contributed by atoms with Crippen molar-refractivity contribution in [1.29, 1.82) is 0 Å². The summed E-state index contributed by atoms with van der Waals surface area (Å²) in [4.78, 5) is 0. The summed E-state index contributed by atoms with van der Waals surface area (Å²) >= 11 is 0. The van der Waals surface area contributed by atoms with Gasteiger partial charge in [0.05, 0.1) is 25.4 Å². The molecule has 1 radical (unpaired) electrons. The van der Waals surface area contributed by atoms with E-state index in [-0.39, 0.29) is 12.4 Å². The van der Waals surface area contributed by atoms with E-state index in [1.165, 1.54) is 0 Å². The normalized spacial score (nSPS) is 40.8. The van der Waals surface area contributed by atoms with Gasteiger partial charge < -0.3 is 14.2 Å². The third-order valence-electron chi connectivity index (χ3n) is 2.43. The zero-order chi connectivity index (χ0) is 9.10. The molecule has 2 rings (SSSR count). The maximum absolute atomic E-state index is 11.1. The van der Waals surface area contributed by atoms with E-state index >= 15 is 0 Å². The zero-order valence-corrected chi connectivity index (χ0v) is 7.61. The Kier molecular flexibility index (Phi) is 3.16. The molecule has 2 heterocycles. The van der Waals surface area contributed by atoms with Crippen LogP contribution in [0.15, 0.2) is 0 Å². The Bertz CT molecular complexity index is 156. The van der Waals surface area contributed by atoms with Crippen LogP contribution >= 0.6 is 0 Å². The highest BCUT2D eigenvalue weighted by Crippen LogP contribution is 2.19. The lowest BCUT2D eigenvalue weighted by atomic mass is 10.1. The van der Waals surface area contributed by atoms with Crippen LogP contribution in [0.3, 0.4) is 0 Å². The summed E-state index contributed by atoms with van der Waals surface area (Å²) in [7, 11) is 0. The van der Waals surface area contributed by atoms with Gasteiger partial charge in [-0.25, -0.2) is 5.11 Å². The van der Waals surface area contributed by atoms with Crippen LogP contribution in [0.1, 0.15) is 19.3 Å². The molecule has 4 nitrogen and oxygen atoms in total. The average Bonchev–Trinajstić information content (AvgIpc) is 2.57. The fourth-order valence-corrected chi connectivity index (χ4v) is 1.66. The summed E-state index contributed by atoms with van der Waals surface area (Å²) < 4.78 is 16.1. The minimum absolute atomic E-state index is 0.135. The number of rotatable bonds is 2. The van der Waals surface area contributed by atoms with Crippen LogP contribution in [0.25, 0.3) is 0 Å². The SMILES string of the molecule is [O]C1CCOC(OC2CCOC2)C1. The van der Waals surface area contributed by atoms with Crippen molar-refractivity contribution in [1.82, 2.24) is 0 Å². The Balaban J connectivity index is 1.73. The molecule has 75 valence electrons. The molecule has 0 saturated carbocycles. The Morgan fingerprint density at radius 1 is 1.23 bits per heavy atom. The Morgan fingerprint density at radius 2 is 2.15 bits per heavy atom. The van der Waals surface area contributed by atoms with Crippen molar-refractivity contribution < 1.29 is 19.3 Å². The lowest BCUT2D eigenvalue weighted by Crippen LogP contribution is -2.33. The van der Waals surface area contributed by atoms with Crippen LogP contribution in [-0.4, -0.2) is 38.3 Å². The predicted molar refractivity (Wildman–Crippen MR) is 43.8 cm³/mol. The maximum atomic E-state index is 11.1. The first-order valence-corrected chi connectivity index (χ1v) is 4.85. The lowest BCUT2D eigenvalue weighted by molar-refractivity contribution is -0.211. The van der Waals surface area contributed by atoms with Crippen molar-refractivity contribution in [2.75, 3.05) is 19.8 Å². The van der Waals surface area contributed by atoms with E-state index < -0.39 is 6.10 Å². The summed E-state index contributed by atoms with van der Waals surface area (Å²) in [6.45, 7) is 1.94. The smallest absolute Gasteiger partial charge is 0.160 e. The fraction of sp³-hybridized carbons (Fsp3) is 1.00. The van der Waals surface area contributed by atoms with E-state index in [4.69, 9.17) is 14.2 Å². The van der Waals surface area contributed by atoms with Crippen LogP contribution in [0, 0.1) is 0 Å². The van der Waals surface area contributed by atoms with Gasteiger partial charge in [-0.3, -0.25) is 0 Å². The van der Waals surface area contributed by atoms with Crippen molar-refractivity contribution in [3.8, 4) is 0 Å². The Morgan fingerprint density at radius 3 is 2.85 bits per heavy atom. The van der Waals surface area contributed by atoms with E-state index in [1.807, 2.05) is 0 Å². The Hall–Kier alpha value is -0.160. The highest BCUT2D eigenvalue weighted by molar-refractivity contribution is 4.68. The number of ether oxygens (including phenoxy) is 3. The largest absolute Gasteiger partial charge is 0.379 e. The predicted octanol–water partition coefficient (Wildman–Crippen LogP) is 0.727. The van der Waals surface area contributed by atoms with Gasteiger partial charge in [0.15, 0.2) is 6.29 Å². The third-order valence-corrected chi connectivity index (χ3v) is 2.43. The van der Waals surface area contributed by atoms with Gasteiger partial charge in [0.25, 0.3) is 0 Å². The van der Waals surface area contributed by atoms with E-state index in [1.54, 1.807) is 0 Å². The second kappa shape index (κ2) is 4.37. The fourth-order valence-electron chi connectivity index (χ4n) is 1.66. The molecule has 0 aromatic carbocycles. The standard InChI is InChI=1S/C9H15O4/c10-7-1-4-12-9(5-7)13-8-2-3-11-6-8/h7-9H,1-6H2. The van der Waals surface area contributed by atoms with Gasteiger partial charge in [0, 0.05) is 19.4 Å². The summed E-state index contributed by atoms with van der Waals surface area (Å²) in [5, 5.41) is 11.1. The molecular formula is C9H15O4. The van der Waals surface area contributed by atoms with Gasteiger partial charge >= 0.3 is 0 Å². The lowest BCUT2D eigenvalue weighted by Gasteiger charge is -2.27. The van der Waals surface area contributed by atoms with Crippen LogP contribution in [-0.2, 0) is 19.3 Å². The number of hydrogen-bond acceptors (Lipinski definition) is 3. The van der Waals surface area contributed by atoms with Crippen molar-refractivity contribution in [2.24, 2.45) is 0 Å². The highest BCUT2D eigenvalue weighted by atomic mass is 16.7. The summed E-state index contributed by atoms with van der Waals surface area (Å²) in [6, 6.07) is 0. The molecule has 0 spiro atoms. The molecule has 0 amide bonds. The van der Waals surface area contributed by atoms with Gasteiger partial charge in [-0.1, -0.05) is 0 Å². The van der Waals surface area contributed by atoms with Gasteiger partial charge in [-0.05, 0) is 6.42 Å². The molecule has 2 saturated heterocycles. The van der Waals surface area contributed by atoms with E-state index in [2.05, 4.69) is 0 Å². The van der Waals surface area contributed by atoms with Crippen LogP contribution < -0.4 is 0 Å². The van der Waals surface area contributed by atoms with Crippen molar-refractivity contribution in [3.05, 3.63) is 0 Å². The molecule has 0 aromatic rings. The highest BCUT2D eigenvalue weighted by Gasteiger charge is 2.27. The first kappa shape index (κ1) is 9.40. The second-order valence-electron chi connectivity index (χ2n) is 3.57. The molecule has 4 heteroatoms. The van der Waals surface area contributed by atoms with E-state index in [0.29, 0.717) is 26.1 Å². The molecule has 2 fully saturated rings. The topological polar surface area (TPSA) is 47.6 Å². The molecule has 0 aliphatic carbocycles. The first-order chi connectivity index (χ1) is 6.34. The third kappa shape index (κ3) is 2.64. The molecule has 0 N–H and O–H groups in total. The first-order valence-electron chi connectivity index (χ1n) is 4.85. The van der Waals surface area contributed by atoms with E-state index in [9.17, 15) is 5.11 Å². The zero-order valence-electron chi connectivity index (χ0n) is 7.61. The minimum atomic E-state index is -0.513. The summed E-state index contributed by atoms with van der Waals surface area (Å²) in [5.41, 5.74) is 0. The van der Waals surface area contributed by atoms with Gasteiger partial charge in [0.2, 0.25) is 0 Å². The van der Waals surface area contributed by atoms with Crippen molar-refractivity contribution in [2.45, 2.75) is 37.8 Å². The van der Waals surface area contributed by atoms with Crippen molar-refractivity contribution >= 4 is 0 Å². The average molecular weight is 187 g/mol. The molecule has 2 aliphatic rings. The molecule has 2 aliphatic heterocycles. The van der Waals surface area contributed by atoms with Crippen LogP contribution in [0.5, 0.6) is 0 Å². The number of hydrogen-bond donors (Lipinski definition) is 0.